The third-order valence-electron chi connectivity index (χ3n) is 5.23. The average Bonchev–Trinajstić information content (AvgIpc) is 2.79. The van der Waals surface area contributed by atoms with Crippen LogP contribution < -0.4 is 10.1 Å². The van der Waals surface area contributed by atoms with Crippen LogP contribution in [0.1, 0.15) is 18.1 Å². The zero-order valence-corrected chi connectivity index (χ0v) is 20.4. The minimum Gasteiger partial charge on any atom is -0.463 e. The number of ether oxygens (including phenoxy) is 1. The number of fused-ring (bicyclic) bond motifs is 1. The predicted octanol–water partition coefficient (Wildman–Crippen LogP) is 7.28. The van der Waals surface area contributed by atoms with Crippen LogP contribution in [0, 0.1) is 13.8 Å². The summed E-state index contributed by atoms with van der Waals surface area (Å²) >= 11 is 18.2. The Morgan fingerprint density at radius 1 is 0.909 bits per heavy atom. The zero-order chi connectivity index (χ0) is 23.7. The SMILES string of the molecule is Cc1ccc(C)c(-c2nnc(OC(C)C(=O)Nc3cc(Cl)c(Cl)cc3Cl)c3ccccc23)c1. The summed E-state index contributed by atoms with van der Waals surface area (Å²) in [5.74, 6) is -0.151. The largest absolute Gasteiger partial charge is 0.463 e. The van der Waals surface area contributed by atoms with Crippen molar-refractivity contribution in [3.8, 4) is 17.1 Å². The molecule has 1 heterocycles. The molecule has 3 aromatic carbocycles. The molecule has 0 aliphatic rings. The van der Waals surface area contributed by atoms with Gasteiger partial charge in [-0.3, -0.25) is 4.79 Å². The van der Waals surface area contributed by atoms with Crippen molar-refractivity contribution in [3.05, 3.63) is 80.8 Å². The quantitative estimate of drug-likeness (QED) is 0.292. The van der Waals surface area contributed by atoms with E-state index in [1.807, 2.05) is 38.1 Å². The van der Waals surface area contributed by atoms with Crippen LogP contribution in [-0.4, -0.2) is 22.2 Å². The molecule has 5 nitrogen and oxygen atoms in total. The maximum absolute atomic E-state index is 12.8. The molecule has 0 bridgehead atoms. The highest BCUT2D eigenvalue weighted by Gasteiger charge is 2.20. The van der Waals surface area contributed by atoms with Gasteiger partial charge in [-0.1, -0.05) is 70.7 Å². The molecular weight excluding hydrogens is 481 g/mol. The molecule has 168 valence electrons. The van der Waals surface area contributed by atoms with Crippen LogP contribution >= 0.6 is 34.8 Å². The number of halogens is 3. The van der Waals surface area contributed by atoms with E-state index < -0.39 is 12.0 Å². The molecule has 1 aromatic heterocycles. The average molecular weight is 501 g/mol. The first-order valence-electron chi connectivity index (χ1n) is 10.2. The summed E-state index contributed by atoms with van der Waals surface area (Å²) in [6.07, 6.45) is -0.875. The summed E-state index contributed by atoms with van der Waals surface area (Å²) in [4.78, 5) is 12.8. The van der Waals surface area contributed by atoms with Crippen molar-refractivity contribution in [2.75, 3.05) is 5.32 Å². The van der Waals surface area contributed by atoms with Gasteiger partial charge < -0.3 is 10.1 Å². The number of hydrogen-bond acceptors (Lipinski definition) is 4. The number of nitrogens with zero attached hydrogens (tertiary/aromatic N) is 2. The van der Waals surface area contributed by atoms with Gasteiger partial charge in [0.15, 0.2) is 6.10 Å². The van der Waals surface area contributed by atoms with Gasteiger partial charge in [0.05, 0.1) is 20.8 Å². The van der Waals surface area contributed by atoms with E-state index in [1.54, 1.807) is 6.92 Å². The number of nitrogens with one attached hydrogen (secondary N) is 1. The fraction of sp³-hybridized carbons (Fsp3) is 0.160. The molecule has 1 unspecified atom stereocenters. The van der Waals surface area contributed by atoms with Crippen molar-refractivity contribution in [1.82, 2.24) is 10.2 Å². The number of aryl methyl sites for hydroxylation is 2. The monoisotopic (exact) mass is 499 g/mol. The molecule has 33 heavy (non-hydrogen) atoms. The molecule has 8 heteroatoms. The fourth-order valence-electron chi connectivity index (χ4n) is 3.43. The van der Waals surface area contributed by atoms with Gasteiger partial charge in [0.25, 0.3) is 5.91 Å². The lowest BCUT2D eigenvalue weighted by Crippen LogP contribution is -2.30. The Labute approximate surface area is 206 Å². The lowest BCUT2D eigenvalue weighted by Gasteiger charge is -2.17. The Kier molecular flexibility index (Phi) is 6.75. The molecule has 0 saturated heterocycles. The van der Waals surface area contributed by atoms with Gasteiger partial charge in [0.2, 0.25) is 5.88 Å². The molecule has 1 atom stereocenters. The topological polar surface area (TPSA) is 64.1 Å². The third-order valence-corrected chi connectivity index (χ3v) is 6.26. The standard InChI is InChI=1S/C25H20Cl3N3O2/c1-13-8-9-14(2)18(10-13)23-16-6-4-5-7-17(16)25(31-30-23)33-15(3)24(32)29-22-12-20(27)19(26)11-21(22)28/h4-12,15H,1-3H3,(H,29,32). The molecule has 1 amide bonds. The van der Waals surface area contributed by atoms with E-state index in [2.05, 4.69) is 33.7 Å². The number of rotatable bonds is 5. The molecule has 0 aliphatic carbocycles. The molecular formula is C25H20Cl3N3O2. The van der Waals surface area contributed by atoms with E-state index in [4.69, 9.17) is 39.5 Å². The second-order valence-electron chi connectivity index (χ2n) is 7.71. The van der Waals surface area contributed by atoms with E-state index in [0.29, 0.717) is 10.7 Å². The minimum atomic E-state index is -0.875. The third kappa shape index (κ3) is 4.91. The van der Waals surface area contributed by atoms with Gasteiger partial charge >= 0.3 is 0 Å². The first kappa shape index (κ1) is 23.3. The lowest BCUT2D eigenvalue weighted by molar-refractivity contribution is -0.122. The maximum atomic E-state index is 12.8. The first-order chi connectivity index (χ1) is 15.7. The number of anilines is 1. The Bertz CT molecular complexity index is 1370. The molecule has 4 rings (SSSR count). The summed E-state index contributed by atoms with van der Waals surface area (Å²) in [6, 6.07) is 16.9. The lowest BCUT2D eigenvalue weighted by atomic mass is 9.99. The number of benzene rings is 3. The molecule has 0 aliphatic heterocycles. The first-order valence-corrected chi connectivity index (χ1v) is 11.3. The van der Waals surface area contributed by atoms with E-state index in [1.165, 1.54) is 12.1 Å². The van der Waals surface area contributed by atoms with Gasteiger partial charge in [-0.15, -0.1) is 10.2 Å². The Balaban J connectivity index is 1.64. The van der Waals surface area contributed by atoms with Crippen LogP contribution in [0.3, 0.4) is 0 Å². The summed E-state index contributed by atoms with van der Waals surface area (Å²) in [5, 5.41) is 14.0. The summed E-state index contributed by atoms with van der Waals surface area (Å²) < 4.78 is 5.91. The minimum absolute atomic E-state index is 0.266. The molecule has 4 aromatic rings. The van der Waals surface area contributed by atoms with Crippen molar-refractivity contribution in [2.45, 2.75) is 26.9 Å². The van der Waals surface area contributed by atoms with Crippen LogP contribution in [0.2, 0.25) is 15.1 Å². The van der Waals surface area contributed by atoms with Crippen molar-refractivity contribution in [3.63, 3.8) is 0 Å². The van der Waals surface area contributed by atoms with E-state index in [9.17, 15) is 4.79 Å². The molecule has 0 fully saturated rings. The Hall–Kier alpha value is -2.86. The highest BCUT2D eigenvalue weighted by Crippen LogP contribution is 2.34. The van der Waals surface area contributed by atoms with Gasteiger partial charge in [-0.2, -0.15) is 0 Å². The Morgan fingerprint density at radius 2 is 1.61 bits per heavy atom. The van der Waals surface area contributed by atoms with Crippen molar-refractivity contribution in [1.29, 1.82) is 0 Å². The second-order valence-corrected chi connectivity index (χ2v) is 8.93. The van der Waals surface area contributed by atoms with Crippen LogP contribution in [0.5, 0.6) is 5.88 Å². The van der Waals surface area contributed by atoms with Gasteiger partial charge in [0, 0.05) is 16.3 Å². The van der Waals surface area contributed by atoms with E-state index >= 15 is 0 Å². The van der Waals surface area contributed by atoms with E-state index in [0.717, 1.165) is 33.2 Å². The smallest absolute Gasteiger partial charge is 0.265 e. The molecule has 1 N–H and O–H groups in total. The molecule has 0 saturated carbocycles. The number of amides is 1. The maximum Gasteiger partial charge on any atom is 0.265 e. The summed E-state index contributed by atoms with van der Waals surface area (Å²) in [7, 11) is 0. The molecule has 0 radical (unpaired) electrons. The summed E-state index contributed by atoms with van der Waals surface area (Å²) in [5.41, 5.74) is 4.34. The Morgan fingerprint density at radius 3 is 2.36 bits per heavy atom. The highest BCUT2D eigenvalue weighted by molar-refractivity contribution is 6.44. The number of carbonyl (C=O) groups excluding carboxylic acids is 1. The highest BCUT2D eigenvalue weighted by atomic mass is 35.5. The van der Waals surface area contributed by atoms with Crippen LogP contribution in [0.25, 0.3) is 22.0 Å². The fourth-order valence-corrected chi connectivity index (χ4v) is 4.02. The number of hydrogen-bond donors (Lipinski definition) is 1. The van der Waals surface area contributed by atoms with Crippen LogP contribution in [-0.2, 0) is 4.79 Å². The van der Waals surface area contributed by atoms with Crippen LogP contribution in [0.4, 0.5) is 5.69 Å². The predicted molar refractivity (Wildman–Crippen MR) is 135 cm³/mol. The second kappa shape index (κ2) is 9.56. The van der Waals surface area contributed by atoms with Gasteiger partial charge in [0.1, 0.15) is 5.69 Å². The zero-order valence-electron chi connectivity index (χ0n) is 18.1. The summed E-state index contributed by atoms with van der Waals surface area (Å²) in [6.45, 7) is 5.70. The normalized spacial score (nSPS) is 11.9. The van der Waals surface area contributed by atoms with Crippen LogP contribution in [0.15, 0.2) is 54.6 Å². The van der Waals surface area contributed by atoms with Crippen molar-refractivity contribution in [2.24, 2.45) is 0 Å². The van der Waals surface area contributed by atoms with E-state index in [-0.39, 0.29) is 15.9 Å². The van der Waals surface area contributed by atoms with Crippen molar-refractivity contribution < 1.29 is 9.53 Å². The number of aromatic nitrogens is 2. The van der Waals surface area contributed by atoms with Crippen molar-refractivity contribution >= 4 is 57.2 Å². The van der Waals surface area contributed by atoms with Gasteiger partial charge in [-0.05, 0) is 50.6 Å². The number of carbonyl (C=O) groups is 1. The molecule has 0 spiro atoms. The van der Waals surface area contributed by atoms with Gasteiger partial charge in [-0.25, -0.2) is 0 Å².